The molecule has 3 amide bonds. The molecule has 3 N–H and O–H groups in total. The molecule has 116 valence electrons. The van der Waals surface area contributed by atoms with E-state index in [2.05, 4.69) is 20.9 Å². The van der Waals surface area contributed by atoms with Crippen molar-refractivity contribution >= 4 is 17.9 Å². The number of hydrogen-bond acceptors (Lipinski definition) is 5. The molecule has 1 aromatic heterocycles. The molecule has 0 unspecified atom stereocenters. The van der Waals surface area contributed by atoms with E-state index < -0.39 is 17.9 Å². The van der Waals surface area contributed by atoms with E-state index in [4.69, 9.17) is 5.11 Å². The minimum Gasteiger partial charge on any atom is -0.476 e. The van der Waals surface area contributed by atoms with Crippen molar-refractivity contribution in [2.24, 2.45) is 5.92 Å². The molecule has 0 radical (unpaired) electrons. The number of carbonyl (C=O) groups excluding carboxylic acids is 2. The Morgan fingerprint density at radius 3 is 2.52 bits per heavy atom. The van der Waals surface area contributed by atoms with Crippen LogP contribution in [0.15, 0.2) is 0 Å². The van der Waals surface area contributed by atoms with Gasteiger partial charge >= 0.3 is 12.0 Å². The maximum Gasteiger partial charge on any atom is 0.358 e. The summed E-state index contributed by atoms with van der Waals surface area (Å²) in [6.07, 6.45) is 0.420. The van der Waals surface area contributed by atoms with E-state index in [1.54, 1.807) is 6.92 Å². The molecule has 0 saturated carbocycles. The Balaban J connectivity index is 2.85. The van der Waals surface area contributed by atoms with Gasteiger partial charge in [0.05, 0.1) is 5.69 Å². The predicted octanol–water partition coefficient (Wildman–Crippen LogP) is 0.0205. The van der Waals surface area contributed by atoms with E-state index in [0.717, 1.165) is 0 Å². The van der Waals surface area contributed by atoms with Crippen LogP contribution in [-0.4, -0.2) is 44.6 Å². The lowest BCUT2D eigenvalue weighted by atomic mass is 10.1. The van der Waals surface area contributed by atoms with Gasteiger partial charge in [-0.1, -0.05) is 19.1 Å². The second kappa shape index (κ2) is 7.36. The first-order chi connectivity index (χ1) is 9.85. The van der Waals surface area contributed by atoms with Crippen LogP contribution in [0.2, 0.25) is 0 Å². The summed E-state index contributed by atoms with van der Waals surface area (Å²) in [5.41, 5.74) is 0.193. The van der Waals surface area contributed by atoms with Gasteiger partial charge in [0.1, 0.15) is 6.54 Å². The summed E-state index contributed by atoms with van der Waals surface area (Å²) in [5, 5.41) is 20.9. The van der Waals surface area contributed by atoms with Crippen LogP contribution in [0.1, 0.15) is 37.0 Å². The summed E-state index contributed by atoms with van der Waals surface area (Å²) >= 11 is 0. The first-order valence-corrected chi connectivity index (χ1v) is 6.58. The van der Waals surface area contributed by atoms with Crippen molar-refractivity contribution in [1.82, 2.24) is 25.6 Å². The van der Waals surface area contributed by atoms with Crippen LogP contribution in [-0.2, 0) is 17.8 Å². The zero-order chi connectivity index (χ0) is 16.0. The van der Waals surface area contributed by atoms with Crippen LogP contribution >= 0.6 is 0 Å². The molecule has 9 heteroatoms. The molecular formula is C12H19N5O4. The van der Waals surface area contributed by atoms with Gasteiger partial charge in [0, 0.05) is 6.54 Å². The van der Waals surface area contributed by atoms with Crippen LogP contribution in [0.5, 0.6) is 0 Å². The van der Waals surface area contributed by atoms with Crippen LogP contribution in [0.3, 0.4) is 0 Å². The second-order valence-electron chi connectivity index (χ2n) is 4.85. The van der Waals surface area contributed by atoms with Gasteiger partial charge in [-0.05, 0) is 19.3 Å². The molecule has 1 rings (SSSR count). The summed E-state index contributed by atoms with van der Waals surface area (Å²) in [4.78, 5) is 34.0. The Morgan fingerprint density at radius 2 is 2.00 bits per heavy atom. The van der Waals surface area contributed by atoms with Gasteiger partial charge in [0.15, 0.2) is 5.69 Å². The average Bonchev–Trinajstić information content (AvgIpc) is 2.71. The first kappa shape index (κ1) is 16.6. The molecule has 1 heterocycles. The largest absolute Gasteiger partial charge is 0.476 e. The molecule has 0 aliphatic carbocycles. The number of carbonyl (C=O) groups is 3. The molecule has 0 fully saturated rings. The fraction of sp³-hybridized carbons (Fsp3) is 0.583. The number of nitrogens with one attached hydrogen (secondary N) is 2. The highest BCUT2D eigenvalue weighted by molar-refractivity contribution is 5.94. The number of aromatic nitrogens is 3. The fourth-order valence-corrected chi connectivity index (χ4v) is 1.72. The van der Waals surface area contributed by atoms with Crippen molar-refractivity contribution in [2.75, 3.05) is 6.54 Å². The van der Waals surface area contributed by atoms with Gasteiger partial charge in [-0.25, -0.2) is 14.3 Å². The van der Waals surface area contributed by atoms with E-state index in [1.807, 2.05) is 13.8 Å². The van der Waals surface area contributed by atoms with Gasteiger partial charge in [-0.15, -0.1) is 5.10 Å². The predicted molar refractivity (Wildman–Crippen MR) is 72.7 cm³/mol. The Labute approximate surface area is 121 Å². The molecule has 9 nitrogen and oxygen atoms in total. The van der Waals surface area contributed by atoms with Crippen molar-refractivity contribution in [3.8, 4) is 0 Å². The quantitative estimate of drug-likeness (QED) is 0.679. The van der Waals surface area contributed by atoms with Gasteiger partial charge < -0.3 is 10.4 Å². The van der Waals surface area contributed by atoms with Crippen LogP contribution in [0.4, 0.5) is 4.79 Å². The van der Waals surface area contributed by atoms with Crippen molar-refractivity contribution in [3.63, 3.8) is 0 Å². The molecule has 0 aliphatic rings. The van der Waals surface area contributed by atoms with E-state index in [1.165, 1.54) is 4.68 Å². The Morgan fingerprint density at radius 1 is 1.33 bits per heavy atom. The minimum absolute atomic E-state index is 0.172. The van der Waals surface area contributed by atoms with E-state index in [0.29, 0.717) is 18.7 Å². The van der Waals surface area contributed by atoms with Gasteiger partial charge in [-0.2, -0.15) is 0 Å². The number of nitrogens with zero attached hydrogens (tertiary/aromatic N) is 3. The molecule has 0 bridgehead atoms. The van der Waals surface area contributed by atoms with E-state index in [9.17, 15) is 14.4 Å². The number of aromatic carboxylic acids is 1. The van der Waals surface area contributed by atoms with E-state index in [-0.39, 0.29) is 18.2 Å². The molecule has 0 aliphatic heterocycles. The maximum atomic E-state index is 11.7. The van der Waals surface area contributed by atoms with Crippen molar-refractivity contribution in [2.45, 2.75) is 33.7 Å². The molecular weight excluding hydrogens is 278 g/mol. The number of carboxylic acids is 1. The SMILES string of the molecule is CCNC(=O)NC(=O)Cn1nnc(C(=O)O)c1CC(C)C. The topological polar surface area (TPSA) is 126 Å². The summed E-state index contributed by atoms with van der Waals surface area (Å²) in [7, 11) is 0. The summed E-state index contributed by atoms with van der Waals surface area (Å²) < 4.78 is 1.21. The number of amides is 3. The first-order valence-electron chi connectivity index (χ1n) is 6.58. The van der Waals surface area contributed by atoms with Gasteiger partial charge in [0.2, 0.25) is 5.91 Å². The molecule has 0 spiro atoms. The Bertz CT molecular complexity index is 538. The van der Waals surface area contributed by atoms with Crippen molar-refractivity contribution in [3.05, 3.63) is 11.4 Å². The van der Waals surface area contributed by atoms with Crippen LogP contribution < -0.4 is 10.6 Å². The lowest BCUT2D eigenvalue weighted by Crippen LogP contribution is -2.41. The molecule has 21 heavy (non-hydrogen) atoms. The highest BCUT2D eigenvalue weighted by Gasteiger charge is 2.21. The second-order valence-corrected chi connectivity index (χ2v) is 4.85. The van der Waals surface area contributed by atoms with Gasteiger partial charge in [-0.3, -0.25) is 10.1 Å². The Hall–Kier alpha value is -2.45. The third-order valence-electron chi connectivity index (χ3n) is 2.53. The van der Waals surface area contributed by atoms with Crippen LogP contribution in [0, 0.1) is 5.92 Å². The summed E-state index contributed by atoms with van der Waals surface area (Å²) in [5.74, 6) is -1.61. The lowest BCUT2D eigenvalue weighted by molar-refractivity contribution is -0.120. The standard InChI is InChI=1S/C12H19N5O4/c1-4-13-12(21)14-9(18)6-17-8(5-7(2)3)10(11(19)20)15-16-17/h7H,4-6H2,1-3H3,(H,19,20)(H2,13,14,18,21). The number of carboxylic acid groups (broad SMARTS) is 1. The zero-order valence-electron chi connectivity index (χ0n) is 12.2. The van der Waals surface area contributed by atoms with Crippen molar-refractivity contribution in [1.29, 1.82) is 0 Å². The van der Waals surface area contributed by atoms with E-state index >= 15 is 0 Å². The third kappa shape index (κ3) is 4.86. The molecule has 0 aromatic carbocycles. The number of hydrogen-bond donors (Lipinski definition) is 3. The Kier molecular flexibility index (Phi) is 5.82. The lowest BCUT2D eigenvalue weighted by Gasteiger charge is -2.09. The zero-order valence-corrected chi connectivity index (χ0v) is 12.2. The van der Waals surface area contributed by atoms with Crippen LogP contribution in [0.25, 0.3) is 0 Å². The monoisotopic (exact) mass is 297 g/mol. The molecule has 0 atom stereocenters. The smallest absolute Gasteiger partial charge is 0.358 e. The maximum absolute atomic E-state index is 11.7. The highest BCUT2D eigenvalue weighted by atomic mass is 16.4. The average molecular weight is 297 g/mol. The number of imide groups is 1. The third-order valence-corrected chi connectivity index (χ3v) is 2.53. The minimum atomic E-state index is -1.19. The fourth-order valence-electron chi connectivity index (χ4n) is 1.72. The summed E-state index contributed by atoms with van der Waals surface area (Å²) in [6, 6.07) is -0.605. The summed E-state index contributed by atoms with van der Waals surface area (Å²) in [6.45, 7) is 5.68. The molecule has 0 saturated heterocycles. The molecule has 1 aromatic rings. The van der Waals surface area contributed by atoms with Crippen molar-refractivity contribution < 1.29 is 19.5 Å². The number of rotatable bonds is 6. The van der Waals surface area contributed by atoms with Gasteiger partial charge in [0.25, 0.3) is 0 Å². The normalized spacial score (nSPS) is 10.5. The highest BCUT2D eigenvalue weighted by Crippen LogP contribution is 2.12. The number of urea groups is 1.